The van der Waals surface area contributed by atoms with E-state index in [2.05, 4.69) is 82.0 Å². The van der Waals surface area contributed by atoms with E-state index in [1.807, 2.05) is 7.05 Å². The molecule has 1 heterocycles. The predicted octanol–water partition coefficient (Wildman–Crippen LogP) is 4.16. The number of aliphatic imine (C=N–C) groups is 1. The Kier molecular flexibility index (Phi) is 7.95. The SMILES string of the molecule is CN=C(NCC1Cc2ccccc21)NC1CCN(Cc2ccccc2)C(C)C1.I. The van der Waals surface area contributed by atoms with E-state index in [1.54, 1.807) is 0 Å². The summed E-state index contributed by atoms with van der Waals surface area (Å²) >= 11 is 0. The maximum atomic E-state index is 4.46. The van der Waals surface area contributed by atoms with Crippen molar-refractivity contribution in [2.75, 3.05) is 20.1 Å². The lowest BCUT2D eigenvalue weighted by Gasteiger charge is -2.38. The largest absolute Gasteiger partial charge is 0.356 e. The van der Waals surface area contributed by atoms with Crippen LogP contribution in [0.1, 0.15) is 42.4 Å². The third-order valence-electron chi connectivity index (χ3n) is 6.28. The van der Waals surface area contributed by atoms with Crippen molar-refractivity contribution in [3.8, 4) is 0 Å². The normalized spacial score (nSPS) is 24.1. The second kappa shape index (κ2) is 10.4. The van der Waals surface area contributed by atoms with Crippen molar-refractivity contribution >= 4 is 29.9 Å². The molecule has 0 saturated carbocycles. The summed E-state index contributed by atoms with van der Waals surface area (Å²) < 4.78 is 0. The van der Waals surface area contributed by atoms with Crippen LogP contribution in [-0.4, -0.2) is 43.1 Å². The Balaban J connectivity index is 0.00000240. The van der Waals surface area contributed by atoms with Gasteiger partial charge in [0.25, 0.3) is 0 Å². The van der Waals surface area contributed by atoms with Gasteiger partial charge in [0.2, 0.25) is 0 Å². The Labute approximate surface area is 192 Å². The van der Waals surface area contributed by atoms with Gasteiger partial charge >= 0.3 is 0 Å². The van der Waals surface area contributed by atoms with Gasteiger partial charge in [-0.15, -0.1) is 24.0 Å². The molecule has 1 saturated heterocycles. The van der Waals surface area contributed by atoms with E-state index in [9.17, 15) is 0 Å². The van der Waals surface area contributed by atoms with Crippen LogP contribution >= 0.6 is 24.0 Å². The molecule has 1 aliphatic carbocycles. The highest BCUT2D eigenvalue weighted by Gasteiger charge is 2.27. The first-order chi connectivity index (χ1) is 13.7. The fourth-order valence-corrected chi connectivity index (χ4v) is 4.56. The number of guanidine groups is 1. The molecule has 1 fully saturated rings. The van der Waals surface area contributed by atoms with Gasteiger partial charge in [-0.3, -0.25) is 9.89 Å². The Bertz CT molecular complexity index is 808. The molecule has 0 spiro atoms. The third-order valence-corrected chi connectivity index (χ3v) is 6.28. The topological polar surface area (TPSA) is 39.7 Å². The molecule has 2 aromatic rings. The van der Waals surface area contributed by atoms with Gasteiger partial charge in [-0.2, -0.15) is 0 Å². The number of nitrogens with zero attached hydrogens (tertiary/aromatic N) is 2. The van der Waals surface area contributed by atoms with Gasteiger partial charge in [0.05, 0.1) is 0 Å². The summed E-state index contributed by atoms with van der Waals surface area (Å²) in [4.78, 5) is 7.05. The van der Waals surface area contributed by atoms with E-state index in [-0.39, 0.29) is 24.0 Å². The van der Waals surface area contributed by atoms with Gasteiger partial charge in [-0.05, 0) is 42.9 Å². The molecule has 1 aliphatic heterocycles. The minimum atomic E-state index is 0. The Hall–Kier alpha value is -1.60. The molecule has 4 rings (SSSR count). The number of halogens is 1. The van der Waals surface area contributed by atoms with Gasteiger partial charge in [0.15, 0.2) is 5.96 Å². The van der Waals surface area contributed by atoms with Crippen molar-refractivity contribution in [3.63, 3.8) is 0 Å². The fourth-order valence-electron chi connectivity index (χ4n) is 4.56. The standard InChI is InChI=1S/C24H32N4.HI/c1-18-14-22(12-13-28(18)17-19-8-4-3-5-9-19)27-24(25-2)26-16-21-15-20-10-6-7-11-23(20)21;/h3-11,18,21-22H,12-17H2,1-2H3,(H2,25,26,27);1H. The third kappa shape index (κ3) is 5.51. The molecule has 2 aliphatic rings. The first kappa shape index (κ1) is 22.1. The summed E-state index contributed by atoms with van der Waals surface area (Å²) in [5, 5.41) is 7.21. The molecule has 0 bridgehead atoms. The number of piperidine rings is 1. The lowest BCUT2D eigenvalue weighted by atomic mass is 9.78. The Morgan fingerprint density at radius 3 is 2.59 bits per heavy atom. The van der Waals surface area contributed by atoms with Crippen LogP contribution in [0.2, 0.25) is 0 Å². The molecule has 0 amide bonds. The van der Waals surface area contributed by atoms with Gasteiger partial charge < -0.3 is 10.6 Å². The molecule has 5 heteroatoms. The lowest BCUT2D eigenvalue weighted by molar-refractivity contribution is 0.134. The van der Waals surface area contributed by atoms with Crippen LogP contribution in [0.15, 0.2) is 59.6 Å². The molecule has 2 aromatic carbocycles. The molecule has 0 aromatic heterocycles. The van der Waals surface area contributed by atoms with Crippen LogP contribution in [0, 0.1) is 0 Å². The average Bonchev–Trinajstić information content (AvgIpc) is 2.70. The van der Waals surface area contributed by atoms with E-state index < -0.39 is 0 Å². The molecule has 156 valence electrons. The smallest absolute Gasteiger partial charge is 0.191 e. The Morgan fingerprint density at radius 1 is 1.10 bits per heavy atom. The van der Waals surface area contributed by atoms with E-state index in [0.29, 0.717) is 18.0 Å². The molecule has 0 radical (unpaired) electrons. The second-order valence-corrected chi connectivity index (χ2v) is 8.22. The number of hydrogen-bond donors (Lipinski definition) is 2. The molecule has 3 unspecified atom stereocenters. The number of rotatable bonds is 5. The molecule has 4 nitrogen and oxygen atoms in total. The van der Waals surface area contributed by atoms with Crippen LogP contribution in [0.4, 0.5) is 0 Å². The van der Waals surface area contributed by atoms with Crippen molar-refractivity contribution < 1.29 is 0 Å². The zero-order chi connectivity index (χ0) is 19.3. The highest BCUT2D eigenvalue weighted by molar-refractivity contribution is 14.0. The van der Waals surface area contributed by atoms with Gasteiger partial charge in [0.1, 0.15) is 0 Å². The summed E-state index contributed by atoms with van der Waals surface area (Å²) in [6.45, 7) is 5.47. The van der Waals surface area contributed by atoms with Crippen molar-refractivity contribution in [1.82, 2.24) is 15.5 Å². The van der Waals surface area contributed by atoms with E-state index in [0.717, 1.165) is 38.4 Å². The van der Waals surface area contributed by atoms with Crippen LogP contribution in [0.25, 0.3) is 0 Å². The maximum absolute atomic E-state index is 4.46. The number of benzene rings is 2. The van der Waals surface area contributed by atoms with Crippen molar-refractivity contribution in [2.45, 2.75) is 50.7 Å². The molecule has 29 heavy (non-hydrogen) atoms. The molecular formula is C24H33IN4. The first-order valence-corrected chi connectivity index (χ1v) is 10.6. The zero-order valence-corrected chi connectivity index (χ0v) is 19.8. The summed E-state index contributed by atoms with van der Waals surface area (Å²) in [5.74, 6) is 1.56. The predicted molar refractivity (Wildman–Crippen MR) is 132 cm³/mol. The maximum Gasteiger partial charge on any atom is 0.191 e. The second-order valence-electron chi connectivity index (χ2n) is 8.22. The summed E-state index contributed by atoms with van der Waals surface area (Å²) in [6, 6.07) is 20.6. The van der Waals surface area contributed by atoms with Crippen molar-refractivity contribution in [3.05, 3.63) is 71.3 Å². The number of nitrogens with one attached hydrogen (secondary N) is 2. The number of likely N-dealkylation sites (tertiary alicyclic amines) is 1. The average molecular weight is 504 g/mol. The van der Waals surface area contributed by atoms with E-state index in [4.69, 9.17) is 0 Å². The van der Waals surface area contributed by atoms with Gasteiger partial charge in [-0.1, -0.05) is 54.6 Å². The summed E-state index contributed by atoms with van der Waals surface area (Å²) in [7, 11) is 1.87. The Morgan fingerprint density at radius 2 is 1.86 bits per heavy atom. The van der Waals surface area contributed by atoms with E-state index in [1.165, 1.54) is 23.1 Å². The molecular weight excluding hydrogens is 471 g/mol. The number of fused-ring (bicyclic) bond motifs is 1. The fraction of sp³-hybridized carbons (Fsp3) is 0.458. The minimum Gasteiger partial charge on any atom is -0.356 e. The van der Waals surface area contributed by atoms with Crippen molar-refractivity contribution in [1.29, 1.82) is 0 Å². The van der Waals surface area contributed by atoms with Crippen molar-refractivity contribution in [2.24, 2.45) is 4.99 Å². The highest BCUT2D eigenvalue weighted by Crippen LogP contribution is 2.33. The minimum absolute atomic E-state index is 0. The molecule has 3 atom stereocenters. The van der Waals surface area contributed by atoms with Crippen LogP contribution < -0.4 is 10.6 Å². The summed E-state index contributed by atoms with van der Waals surface area (Å²) in [5.41, 5.74) is 4.39. The van der Waals surface area contributed by atoms with Crippen LogP contribution in [-0.2, 0) is 13.0 Å². The monoisotopic (exact) mass is 504 g/mol. The number of hydrogen-bond acceptors (Lipinski definition) is 2. The lowest BCUT2D eigenvalue weighted by Crippen LogP contribution is -2.51. The quantitative estimate of drug-likeness (QED) is 0.365. The van der Waals surface area contributed by atoms with Gasteiger partial charge in [-0.25, -0.2) is 0 Å². The summed E-state index contributed by atoms with van der Waals surface area (Å²) in [6.07, 6.45) is 3.49. The highest BCUT2D eigenvalue weighted by atomic mass is 127. The molecule has 2 N–H and O–H groups in total. The van der Waals surface area contributed by atoms with Crippen LogP contribution in [0.3, 0.4) is 0 Å². The zero-order valence-electron chi connectivity index (χ0n) is 17.5. The first-order valence-electron chi connectivity index (χ1n) is 10.6. The van der Waals surface area contributed by atoms with Crippen LogP contribution in [0.5, 0.6) is 0 Å². The van der Waals surface area contributed by atoms with Gasteiger partial charge in [0, 0.05) is 44.7 Å². The van der Waals surface area contributed by atoms with E-state index >= 15 is 0 Å².